The van der Waals surface area contributed by atoms with E-state index in [4.69, 9.17) is 0 Å². The minimum atomic E-state index is -4.60. The average Bonchev–Trinajstić information content (AvgIpc) is 3.08. The monoisotopic (exact) mass is 441 g/mol. The van der Waals surface area contributed by atoms with E-state index in [-0.39, 0.29) is 27.8 Å². The third-order valence-corrected chi connectivity index (χ3v) is 5.97. The molecule has 11 heteroatoms. The number of aromatic nitrogens is 1. The number of para-hydroxylation sites is 1. The van der Waals surface area contributed by atoms with Crippen molar-refractivity contribution in [1.29, 1.82) is 0 Å². The van der Waals surface area contributed by atoms with Crippen molar-refractivity contribution < 1.29 is 26.4 Å². The van der Waals surface area contributed by atoms with Crippen molar-refractivity contribution in [2.75, 3.05) is 10.0 Å². The van der Waals surface area contributed by atoms with Crippen LogP contribution in [0.15, 0.2) is 64.9 Å². The van der Waals surface area contributed by atoms with Crippen LogP contribution >= 0.6 is 11.3 Å². The van der Waals surface area contributed by atoms with Gasteiger partial charge in [0.1, 0.15) is 0 Å². The summed E-state index contributed by atoms with van der Waals surface area (Å²) in [6, 6.07) is 12.3. The normalized spacial score (nSPS) is 11.8. The molecule has 0 spiro atoms. The van der Waals surface area contributed by atoms with Crippen LogP contribution in [0.3, 0.4) is 0 Å². The third-order valence-electron chi connectivity index (χ3n) is 3.68. The Hall–Kier alpha value is -2.92. The molecule has 2 aromatic carbocycles. The number of amides is 1. The first-order valence-corrected chi connectivity index (χ1v) is 10.5. The summed E-state index contributed by atoms with van der Waals surface area (Å²) in [7, 11) is -3.83. The topological polar surface area (TPSA) is 88.2 Å². The molecule has 0 saturated carbocycles. The van der Waals surface area contributed by atoms with E-state index in [1.165, 1.54) is 29.6 Å². The largest absolute Gasteiger partial charge is 0.418 e. The van der Waals surface area contributed by atoms with Gasteiger partial charge in [-0.25, -0.2) is 13.4 Å². The van der Waals surface area contributed by atoms with Gasteiger partial charge in [0.05, 0.1) is 28.3 Å². The molecule has 1 aromatic heterocycles. The lowest BCUT2D eigenvalue weighted by Crippen LogP contribution is -2.18. The number of nitrogens with zero attached hydrogens (tertiary/aromatic N) is 1. The lowest BCUT2D eigenvalue weighted by Gasteiger charge is -2.13. The van der Waals surface area contributed by atoms with Gasteiger partial charge >= 0.3 is 6.18 Å². The maximum Gasteiger partial charge on any atom is 0.418 e. The van der Waals surface area contributed by atoms with Crippen LogP contribution in [0, 0.1) is 0 Å². The fourth-order valence-electron chi connectivity index (χ4n) is 2.41. The van der Waals surface area contributed by atoms with Gasteiger partial charge in [-0.15, -0.1) is 11.3 Å². The molecule has 0 saturated heterocycles. The summed E-state index contributed by atoms with van der Waals surface area (Å²) in [4.78, 5) is 16.2. The lowest BCUT2D eigenvalue weighted by atomic mass is 10.1. The molecule has 6 nitrogen and oxygen atoms in total. The lowest BCUT2D eigenvalue weighted by molar-refractivity contribution is -0.137. The Balaban J connectivity index is 1.67. The number of thiazole rings is 1. The van der Waals surface area contributed by atoms with Crippen LogP contribution in [-0.4, -0.2) is 19.3 Å². The fraction of sp³-hybridized carbons (Fsp3) is 0.111. The Morgan fingerprint density at radius 3 is 2.38 bits per heavy atom. The first-order valence-electron chi connectivity index (χ1n) is 8.13. The Morgan fingerprint density at radius 1 is 1.03 bits per heavy atom. The van der Waals surface area contributed by atoms with Gasteiger partial charge in [-0.05, 0) is 24.3 Å². The highest BCUT2D eigenvalue weighted by molar-refractivity contribution is 7.93. The third kappa shape index (κ3) is 5.33. The Kier molecular flexibility index (Phi) is 5.89. The average molecular weight is 441 g/mol. The minimum Gasteiger partial charge on any atom is -0.325 e. The molecule has 3 rings (SSSR count). The van der Waals surface area contributed by atoms with Gasteiger partial charge in [0.25, 0.3) is 10.0 Å². The van der Waals surface area contributed by atoms with Gasteiger partial charge in [-0.1, -0.05) is 30.3 Å². The number of sulfonamides is 1. The second kappa shape index (κ2) is 8.21. The van der Waals surface area contributed by atoms with Crippen LogP contribution in [-0.2, 0) is 27.4 Å². The summed E-state index contributed by atoms with van der Waals surface area (Å²) in [5.74, 6) is -0.704. The van der Waals surface area contributed by atoms with E-state index in [2.05, 4.69) is 15.0 Å². The molecule has 0 unspecified atom stereocenters. The molecule has 0 aliphatic carbocycles. The molecule has 1 amide bonds. The maximum atomic E-state index is 13.0. The number of rotatable bonds is 6. The summed E-state index contributed by atoms with van der Waals surface area (Å²) < 4.78 is 65.9. The number of halogens is 3. The predicted octanol–water partition coefficient (Wildman–Crippen LogP) is 4.14. The predicted molar refractivity (Wildman–Crippen MR) is 103 cm³/mol. The van der Waals surface area contributed by atoms with E-state index in [0.717, 1.165) is 23.5 Å². The molecule has 2 N–H and O–H groups in total. The Labute approximate surface area is 168 Å². The number of hydrogen-bond acceptors (Lipinski definition) is 5. The van der Waals surface area contributed by atoms with Crippen LogP contribution in [0.1, 0.15) is 11.3 Å². The molecule has 0 fully saturated rings. The van der Waals surface area contributed by atoms with Crippen LogP contribution in [0.5, 0.6) is 0 Å². The zero-order valence-corrected chi connectivity index (χ0v) is 16.2. The standard InChI is InChI=1S/C18H14F3N3O3S2/c19-18(20,21)14-8-4-5-9-15(14)23-16(25)10-12-11-28-17(22-12)24-29(26,27)13-6-2-1-3-7-13/h1-9,11H,10H2,(H,22,24)(H,23,25). The zero-order valence-electron chi connectivity index (χ0n) is 14.6. The Bertz CT molecular complexity index is 1110. The van der Waals surface area contributed by atoms with E-state index in [9.17, 15) is 26.4 Å². The van der Waals surface area contributed by atoms with Crippen molar-refractivity contribution in [1.82, 2.24) is 4.98 Å². The minimum absolute atomic E-state index is 0.0485. The van der Waals surface area contributed by atoms with Crippen molar-refractivity contribution in [3.8, 4) is 0 Å². The van der Waals surface area contributed by atoms with Gasteiger partial charge in [-0.2, -0.15) is 13.2 Å². The molecule has 152 valence electrons. The van der Waals surface area contributed by atoms with Crippen LogP contribution in [0.4, 0.5) is 24.0 Å². The Morgan fingerprint density at radius 2 is 1.69 bits per heavy atom. The second-order valence-corrected chi connectivity index (χ2v) is 8.37. The van der Waals surface area contributed by atoms with E-state index >= 15 is 0 Å². The molecule has 29 heavy (non-hydrogen) atoms. The van der Waals surface area contributed by atoms with Gasteiger partial charge in [0, 0.05) is 5.38 Å². The molecule has 0 bridgehead atoms. The number of anilines is 2. The SMILES string of the molecule is O=C(Cc1csc(NS(=O)(=O)c2ccccc2)n1)Nc1ccccc1C(F)(F)F. The van der Waals surface area contributed by atoms with Crippen LogP contribution in [0.2, 0.25) is 0 Å². The molecule has 0 radical (unpaired) electrons. The highest BCUT2D eigenvalue weighted by atomic mass is 32.2. The summed E-state index contributed by atoms with van der Waals surface area (Å²) in [6.07, 6.45) is -4.91. The van der Waals surface area contributed by atoms with Crippen molar-refractivity contribution in [3.05, 3.63) is 71.2 Å². The fourth-order valence-corrected chi connectivity index (χ4v) is 4.39. The zero-order chi connectivity index (χ0) is 21.1. The molecule has 0 atom stereocenters. The van der Waals surface area contributed by atoms with E-state index in [1.54, 1.807) is 18.2 Å². The number of alkyl halides is 3. The number of carbonyl (C=O) groups excluding carboxylic acids is 1. The smallest absolute Gasteiger partial charge is 0.325 e. The number of benzene rings is 2. The van der Waals surface area contributed by atoms with E-state index in [1.807, 2.05) is 0 Å². The second-order valence-electron chi connectivity index (χ2n) is 5.83. The van der Waals surface area contributed by atoms with Gasteiger partial charge in [-0.3, -0.25) is 9.52 Å². The van der Waals surface area contributed by atoms with Crippen molar-refractivity contribution >= 4 is 38.1 Å². The van der Waals surface area contributed by atoms with Crippen molar-refractivity contribution in [3.63, 3.8) is 0 Å². The van der Waals surface area contributed by atoms with Crippen LogP contribution in [0.25, 0.3) is 0 Å². The molecular weight excluding hydrogens is 427 g/mol. The molecule has 0 aliphatic heterocycles. The summed E-state index contributed by atoms with van der Waals surface area (Å²) in [6.45, 7) is 0. The number of carbonyl (C=O) groups is 1. The highest BCUT2D eigenvalue weighted by Gasteiger charge is 2.33. The van der Waals surface area contributed by atoms with Gasteiger partial charge in [0.2, 0.25) is 5.91 Å². The van der Waals surface area contributed by atoms with Crippen molar-refractivity contribution in [2.24, 2.45) is 0 Å². The quantitative estimate of drug-likeness (QED) is 0.602. The molecule has 0 aliphatic rings. The van der Waals surface area contributed by atoms with Crippen LogP contribution < -0.4 is 10.0 Å². The number of hydrogen-bond donors (Lipinski definition) is 2. The van der Waals surface area contributed by atoms with Gasteiger partial charge in [0.15, 0.2) is 5.13 Å². The van der Waals surface area contributed by atoms with E-state index in [0.29, 0.717) is 0 Å². The molecule has 1 heterocycles. The molecular formula is C18H14F3N3O3S2. The summed E-state index contributed by atoms with van der Waals surface area (Å²) >= 11 is 0.965. The number of nitrogens with one attached hydrogen (secondary N) is 2. The summed E-state index contributed by atoms with van der Waals surface area (Å²) in [5.41, 5.74) is -1.09. The first-order chi connectivity index (χ1) is 13.6. The first kappa shape index (κ1) is 20.8. The maximum absolute atomic E-state index is 13.0. The van der Waals surface area contributed by atoms with Crippen molar-refractivity contribution in [2.45, 2.75) is 17.5 Å². The summed E-state index contributed by atoms with van der Waals surface area (Å²) in [5, 5.41) is 3.72. The van der Waals surface area contributed by atoms with Gasteiger partial charge < -0.3 is 5.32 Å². The highest BCUT2D eigenvalue weighted by Crippen LogP contribution is 2.34. The molecule has 3 aromatic rings. The van der Waals surface area contributed by atoms with E-state index < -0.39 is 27.7 Å².